The highest BCUT2D eigenvalue weighted by Gasteiger charge is 2.08. The van der Waals surface area contributed by atoms with Crippen molar-refractivity contribution < 1.29 is 4.74 Å². The average molecular weight is 455 g/mol. The molecular weight excluding hydrogens is 447 g/mol. The number of hydrogen-bond donors (Lipinski definition) is 0. The van der Waals surface area contributed by atoms with E-state index in [4.69, 9.17) is 16.3 Å². The molecule has 2 rings (SSSR count). The van der Waals surface area contributed by atoms with Crippen LogP contribution >= 0.6 is 59.4 Å². The first kappa shape index (κ1) is 14.4. The van der Waals surface area contributed by atoms with Crippen LogP contribution in [0.25, 0.3) is 0 Å². The summed E-state index contributed by atoms with van der Waals surface area (Å²) in [6.45, 7) is 0. The number of rotatable bonds is 3. The summed E-state index contributed by atoms with van der Waals surface area (Å²) in [5.41, 5.74) is 1.06. The standard InChI is InChI=1S/C13H8Br3ClO/c14-7-8-5-9(15)2-4-12(8)18-13-6-10(16)1-3-11(13)17/h1-6H,7H2. The van der Waals surface area contributed by atoms with Crippen LogP contribution in [0.3, 0.4) is 0 Å². The molecular formula is C13H8Br3ClO. The van der Waals surface area contributed by atoms with Crippen molar-refractivity contribution >= 4 is 59.4 Å². The molecule has 0 atom stereocenters. The number of halogens is 4. The average Bonchev–Trinajstić information content (AvgIpc) is 2.36. The Kier molecular flexibility index (Phi) is 5.13. The lowest BCUT2D eigenvalue weighted by atomic mass is 10.2. The molecule has 0 heterocycles. The van der Waals surface area contributed by atoms with E-state index in [-0.39, 0.29) is 0 Å². The van der Waals surface area contributed by atoms with E-state index in [0.29, 0.717) is 16.1 Å². The minimum atomic E-state index is 0.585. The van der Waals surface area contributed by atoms with Crippen LogP contribution in [0.1, 0.15) is 5.56 Å². The highest BCUT2D eigenvalue weighted by Crippen LogP contribution is 2.35. The smallest absolute Gasteiger partial charge is 0.147 e. The molecule has 0 amide bonds. The van der Waals surface area contributed by atoms with Gasteiger partial charge in [-0.05, 0) is 36.4 Å². The van der Waals surface area contributed by atoms with Crippen LogP contribution in [0.2, 0.25) is 5.02 Å². The lowest BCUT2D eigenvalue weighted by Gasteiger charge is -2.11. The van der Waals surface area contributed by atoms with Gasteiger partial charge in [-0.2, -0.15) is 0 Å². The van der Waals surface area contributed by atoms with E-state index in [9.17, 15) is 0 Å². The first-order valence-corrected chi connectivity index (χ1v) is 8.16. The Morgan fingerprint density at radius 3 is 2.33 bits per heavy atom. The number of hydrogen-bond acceptors (Lipinski definition) is 1. The molecule has 0 aliphatic rings. The van der Waals surface area contributed by atoms with Gasteiger partial charge in [0.25, 0.3) is 0 Å². The zero-order chi connectivity index (χ0) is 13.1. The van der Waals surface area contributed by atoms with Crippen molar-refractivity contribution in [2.75, 3.05) is 0 Å². The van der Waals surface area contributed by atoms with Gasteiger partial charge in [-0.25, -0.2) is 0 Å². The van der Waals surface area contributed by atoms with Crippen molar-refractivity contribution in [2.45, 2.75) is 5.33 Å². The quantitative estimate of drug-likeness (QED) is 0.477. The monoisotopic (exact) mass is 452 g/mol. The molecule has 0 N–H and O–H groups in total. The van der Waals surface area contributed by atoms with E-state index in [1.165, 1.54) is 0 Å². The Morgan fingerprint density at radius 2 is 1.61 bits per heavy atom. The Hall–Kier alpha value is -0.0300. The van der Waals surface area contributed by atoms with E-state index in [0.717, 1.165) is 20.3 Å². The van der Waals surface area contributed by atoms with Crippen LogP contribution in [0.5, 0.6) is 11.5 Å². The van der Waals surface area contributed by atoms with Crippen LogP contribution in [0.4, 0.5) is 0 Å². The van der Waals surface area contributed by atoms with Crippen molar-refractivity contribution in [2.24, 2.45) is 0 Å². The van der Waals surface area contributed by atoms with E-state index in [1.807, 2.05) is 30.3 Å². The van der Waals surface area contributed by atoms with Gasteiger partial charge in [-0.1, -0.05) is 59.4 Å². The Labute approximate surface area is 136 Å². The molecule has 0 aliphatic heterocycles. The van der Waals surface area contributed by atoms with Gasteiger partial charge in [0, 0.05) is 19.8 Å². The topological polar surface area (TPSA) is 9.23 Å². The molecule has 2 aromatic rings. The highest BCUT2D eigenvalue weighted by atomic mass is 79.9. The second-order valence-electron chi connectivity index (χ2n) is 3.56. The van der Waals surface area contributed by atoms with Crippen molar-refractivity contribution in [1.29, 1.82) is 0 Å². The highest BCUT2D eigenvalue weighted by molar-refractivity contribution is 9.10. The molecule has 0 aliphatic carbocycles. The molecule has 0 spiro atoms. The molecule has 0 saturated heterocycles. The Balaban J connectivity index is 2.36. The molecule has 5 heteroatoms. The van der Waals surface area contributed by atoms with Gasteiger partial charge in [0.2, 0.25) is 0 Å². The van der Waals surface area contributed by atoms with Gasteiger partial charge in [0.1, 0.15) is 11.5 Å². The van der Waals surface area contributed by atoms with Crippen LogP contribution in [-0.4, -0.2) is 0 Å². The fraction of sp³-hybridized carbons (Fsp3) is 0.0769. The van der Waals surface area contributed by atoms with E-state index < -0.39 is 0 Å². The van der Waals surface area contributed by atoms with Crippen molar-refractivity contribution in [1.82, 2.24) is 0 Å². The third-order valence-corrected chi connectivity index (χ3v) is 4.18. The molecule has 0 radical (unpaired) electrons. The van der Waals surface area contributed by atoms with Gasteiger partial charge in [0.15, 0.2) is 0 Å². The van der Waals surface area contributed by atoms with E-state index in [1.54, 1.807) is 6.07 Å². The van der Waals surface area contributed by atoms with Gasteiger partial charge in [-0.15, -0.1) is 0 Å². The van der Waals surface area contributed by atoms with Crippen molar-refractivity contribution in [3.63, 3.8) is 0 Å². The fourth-order valence-electron chi connectivity index (χ4n) is 1.43. The minimum Gasteiger partial charge on any atom is -0.455 e. The lowest BCUT2D eigenvalue weighted by molar-refractivity contribution is 0.478. The third kappa shape index (κ3) is 3.50. The van der Waals surface area contributed by atoms with Gasteiger partial charge in [-0.3, -0.25) is 0 Å². The predicted octanol–water partition coefficient (Wildman–Crippen LogP) is 6.55. The molecule has 0 bridgehead atoms. The molecule has 0 saturated carbocycles. The molecule has 0 aromatic heterocycles. The van der Waals surface area contributed by atoms with Crippen LogP contribution < -0.4 is 4.74 Å². The molecule has 0 unspecified atom stereocenters. The van der Waals surface area contributed by atoms with E-state index >= 15 is 0 Å². The first-order valence-electron chi connectivity index (χ1n) is 5.07. The van der Waals surface area contributed by atoms with Gasteiger partial charge >= 0.3 is 0 Å². The molecule has 18 heavy (non-hydrogen) atoms. The maximum atomic E-state index is 6.11. The summed E-state index contributed by atoms with van der Waals surface area (Å²) in [5.74, 6) is 1.42. The van der Waals surface area contributed by atoms with Crippen LogP contribution in [0.15, 0.2) is 45.3 Å². The zero-order valence-electron chi connectivity index (χ0n) is 9.09. The molecule has 1 nitrogen and oxygen atoms in total. The zero-order valence-corrected chi connectivity index (χ0v) is 14.6. The summed E-state index contributed by atoms with van der Waals surface area (Å²) in [5, 5.41) is 1.30. The number of benzene rings is 2. The summed E-state index contributed by atoms with van der Waals surface area (Å²) < 4.78 is 7.80. The van der Waals surface area contributed by atoms with Crippen molar-refractivity contribution in [3.8, 4) is 11.5 Å². The SMILES string of the molecule is Clc1ccc(Br)cc1Oc1ccc(Br)cc1CBr. The summed E-state index contributed by atoms with van der Waals surface area (Å²) in [6.07, 6.45) is 0. The Bertz CT molecular complexity index is 572. The summed E-state index contributed by atoms with van der Waals surface area (Å²) in [6, 6.07) is 11.4. The predicted molar refractivity (Wildman–Crippen MR) is 86.0 cm³/mol. The normalized spacial score (nSPS) is 10.4. The Morgan fingerprint density at radius 1 is 0.944 bits per heavy atom. The van der Waals surface area contributed by atoms with Crippen LogP contribution in [-0.2, 0) is 5.33 Å². The first-order chi connectivity index (χ1) is 8.60. The maximum absolute atomic E-state index is 6.11. The maximum Gasteiger partial charge on any atom is 0.147 e. The molecule has 0 fully saturated rings. The second-order valence-corrected chi connectivity index (χ2v) is 6.36. The van der Waals surface area contributed by atoms with Crippen molar-refractivity contribution in [3.05, 3.63) is 55.9 Å². The largest absolute Gasteiger partial charge is 0.455 e. The van der Waals surface area contributed by atoms with Crippen LogP contribution in [0, 0.1) is 0 Å². The number of ether oxygens (including phenoxy) is 1. The summed E-state index contributed by atoms with van der Waals surface area (Å²) >= 11 is 16.4. The van der Waals surface area contributed by atoms with Gasteiger partial charge in [0.05, 0.1) is 5.02 Å². The second kappa shape index (κ2) is 6.42. The number of alkyl halides is 1. The minimum absolute atomic E-state index is 0.585. The van der Waals surface area contributed by atoms with E-state index in [2.05, 4.69) is 47.8 Å². The molecule has 94 valence electrons. The fourth-order valence-corrected chi connectivity index (χ4v) is 2.77. The van der Waals surface area contributed by atoms with Gasteiger partial charge < -0.3 is 4.74 Å². The molecule has 2 aromatic carbocycles. The third-order valence-electron chi connectivity index (χ3n) is 2.28. The lowest BCUT2D eigenvalue weighted by Crippen LogP contribution is -1.90. The summed E-state index contributed by atoms with van der Waals surface area (Å²) in [4.78, 5) is 0. The summed E-state index contributed by atoms with van der Waals surface area (Å²) in [7, 11) is 0.